The van der Waals surface area contributed by atoms with Gasteiger partial charge in [-0.25, -0.2) is 0 Å². The molecule has 0 saturated carbocycles. The Bertz CT molecular complexity index is 779. The van der Waals surface area contributed by atoms with Crippen LogP contribution in [0.2, 0.25) is 0 Å². The van der Waals surface area contributed by atoms with Gasteiger partial charge in [-0.15, -0.1) is 11.8 Å². The average molecular weight is 426 g/mol. The Hall–Kier alpha value is -1.37. The van der Waals surface area contributed by atoms with Crippen LogP contribution < -0.4 is 0 Å². The van der Waals surface area contributed by atoms with Crippen molar-refractivity contribution < 1.29 is 5.11 Å². The first-order valence-corrected chi connectivity index (χ1v) is 12.5. The summed E-state index contributed by atoms with van der Waals surface area (Å²) in [5, 5.41) is 10.9. The van der Waals surface area contributed by atoms with Crippen LogP contribution in [0.25, 0.3) is 0 Å². The number of hydrogen-bond acceptors (Lipinski definition) is 5. The van der Waals surface area contributed by atoms with Gasteiger partial charge >= 0.3 is 0 Å². The molecule has 2 aliphatic heterocycles. The van der Waals surface area contributed by atoms with Crippen LogP contribution in [-0.2, 0) is 13.0 Å². The Morgan fingerprint density at radius 1 is 0.900 bits per heavy atom. The minimum absolute atomic E-state index is 0.252. The molecule has 0 amide bonds. The fourth-order valence-corrected chi connectivity index (χ4v) is 5.32. The van der Waals surface area contributed by atoms with Gasteiger partial charge < -0.3 is 10.0 Å². The molecule has 0 aliphatic carbocycles. The molecule has 0 aromatic heterocycles. The van der Waals surface area contributed by atoms with E-state index in [1.54, 1.807) is 11.8 Å². The highest BCUT2D eigenvalue weighted by Gasteiger charge is 2.33. The van der Waals surface area contributed by atoms with Crippen LogP contribution in [-0.4, -0.2) is 84.0 Å². The molecule has 0 radical (unpaired) electrons. The van der Waals surface area contributed by atoms with E-state index in [-0.39, 0.29) is 6.10 Å². The lowest BCUT2D eigenvalue weighted by Crippen LogP contribution is -2.58. The molecule has 0 spiro atoms. The summed E-state index contributed by atoms with van der Waals surface area (Å²) in [6, 6.07) is 19.9. The number of nitrogens with zero attached hydrogens (tertiary/aromatic N) is 3. The molecule has 2 aliphatic rings. The number of piperidine rings is 1. The molecule has 2 aromatic rings. The number of rotatable bonds is 7. The third-order valence-electron chi connectivity index (χ3n) is 6.61. The lowest BCUT2D eigenvalue weighted by atomic mass is 9.98. The van der Waals surface area contributed by atoms with E-state index in [4.69, 9.17) is 0 Å². The summed E-state index contributed by atoms with van der Waals surface area (Å²) in [5.41, 5.74) is 2.77. The zero-order valence-corrected chi connectivity index (χ0v) is 18.9. The molecule has 2 fully saturated rings. The highest BCUT2D eigenvalue weighted by atomic mass is 32.2. The van der Waals surface area contributed by atoms with E-state index < -0.39 is 0 Å². The van der Waals surface area contributed by atoms with Crippen molar-refractivity contribution in [2.24, 2.45) is 0 Å². The third-order valence-corrected chi connectivity index (χ3v) is 7.33. The van der Waals surface area contributed by atoms with Crippen molar-refractivity contribution >= 4 is 11.8 Å². The van der Waals surface area contributed by atoms with Crippen molar-refractivity contribution in [2.75, 3.05) is 52.1 Å². The number of benzene rings is 2. The Balaban J connectivity index is 1.21. The average Bonchev–Trinajstić information content (AvgIpc) is 2.79. The number of aliphatic hydroxyl groups excluding tert-OH is 1. The van der Waals surface area contributed by atoms with Crippen LogP contribution in [0, 0.1) is 0 Å². The van der Waals surface area contributed by atoms with E-state index in [9.17, 15) is 5.11 Å². The molecule has 2 aromatic carbocycles. The molecule has 0 bridgehead atoms. The first-order chi connectivity index (χ1) is 14.7. The maximum atomic E-state index is 10.9. The fourth-order valence-electron chi connectivity index (χ4n) is 4.83. The minimum atomic E-state index is -0.252. The van der Waals surface area contributed by atoms with E-state index in [0.29, 0.717) is 6.04 Å². The quantitative estimate of drug-likeness (QED) is 0.689. The van der Waals surface area contributed by atoms with Gasteiger partial charge in [0.2, 0.25) is 0 Å². The SMILES string of the molecule is CSc1cccc(CN2CC[C@@H](N3CCN(CCc4ccccc4)CC3)[C@H](O)C2)c1. The van der Waals surface area contributed by atoms with Gasteiger partial charge in [0.05, 0.1) is 6.10 Å². The smallest absolute Gasteiger partial charge is 0.0822 e. The van der Waals surface area contributed by atoms with Gasteiger partial charge in [-0.1, -0.05) is 42.5 Å². The summed E-state index contributed by atoms with van der Waals surface area (Å²) >= 11 is 1.79. The molecule has 30 heavy (non-hydrogen) atoms. The van der Waals surface area contributed by atoms with Crippen LogP contribution in [0.5, 0.6) is 0 Å². The number of piperazine rings is 1. The van der Waals surface area contributed by atoms with Crippen molar-refractivity contribution in [1.82, 2.24) is 14.7 Å². The number of thioether (sulfide) groups is 1. The molecule has 162 valence electrons. The summed E-state index contributed by atoms with van der Waals surface area (Å²) < 4.78 is 0. The monoisotopic (exact) mass is 425 g/mol. The van der Waals surface area contributed by atoms with Crippen LogP contribution >= 0.6 is 11.8 Å². The molecule has 1 N–H and O–H groups in total. The van der Waals surface area contributed by atoms with Crippen LogP contribution in [0.15, 0.2) is 59.5 Å². The second-order valence-corrected chi connectivity index (χ2v) is 9.50. The molecular formula is C25H35N3OS. The van der Waals surface area contributed by atoms with Gasteiger partial charge in [0.15, 0.2) is 0 Å². The first kappa shape index (κ1) is 21.8. The maximum Gasteiger partial charge on any atom is 0.0822 e. The highest BCUT2D eigenvalue weighted by Crippen LogP contribution is 2.22. The Labute approximate surface area is 185 Å². The van der Waals surface area contributed by atoms with Gasteiger partial charge in [0.25, 0.3) is 0 Å². The number of hydrogen-bond donors (Lipinski definition) is 1. The molecule has 2 heterocycles. The minimum Gasteiger partial charge on any atom is -0.390 e. The predicted octanol–water partition coefficient (Wildman–Crippen LogP) is 3.20. The summed E-state index contributed by atoms with van der Waals surface area (Å²) in [7, 11) is 0. The van der Waals surface area contributed by atoms with E-state index in [1.165, 1.54) is 16.0 Å². The van der Waals surface area contributed by atoms with Crippen molar-refractivity contribution in [3.05, 3.63) is 65.7 Å². The molecular weight excluding hydrogens is 390 g/mol. The van der Waals surface area contributed by atoms with Gasteiger partial charge in [-0.3, -0.25) is 9.80 Å². The molecule has 0 unspecified atom stereocenters. The van der Waals surface area contributed by atoms with E-state index in [0.717, 1.165) is 65.2 Å². The fraction of sp³-hybridized carbons (Fsp3) is 0.520. The standard InChI is InChI=1S/C25H35N3OS/c1-30-23-9-5-8-22(18-23)19-27-13-11-24(25(29)20-27)28-16-14-26(15-17-28)12-10-21-6-3-2-4-7-21/h2-9,18,24-25,29H,10-17,19-20H2,1H3/t24-,25-/m1/s1. The van der Waals surface area contributed by atoms with Crippen molar-refractivity contribution in [3.8, 4) is 0 Å². The Morgan fingerprint density at radius 2 is 1.67 bits per heavy atom. The molecule has 4 rings (SSSR count). The Morgan fingerprint density at radius 3 is 2.40 bits per heavy atom. The lowest BCUT2D eigenvalue weighted by molar-refractivity contribution is -0.0308. The zero-order valence-electron chi connectivity index (χ0n) is 18.1. The van der Waals surface area contributed by atoms with Crippen molar-refractivity contribution in [1.29, 1.82) is 0 Å². The van der Waals surface area contributed by atoms with E-state index in [2.05, 4.69) is 75.6 Å². The summed E-state index contributed by atoms with van der Waals surface area (Å²) in [6.07, 6.45) is 4.06. The number of likely N-dealkylation sites (tertiary alicyclic amines) is 1. The number of aliphatic hydroxyl groups is 1. The highest BCUT2D eigenvalue weighted by molar-refractivity contribution is 7.98. The van der Waals surface area contributed by atoms with E-state index in [1.807, 2.05) is 0 Å². The summed E-state index contributed by atoms with van der Waals surface area (Å²) in [6.45, 7) is 8.29. The zero-order chi connectivity index (χ0) is 20.8. The van der Waals surface area contributed by atoms with Crippen molar-refractivity contribution in [3.63, 3.8) is 0 Å². The van der Waals surface area contributed by atoms with Gasteiger partial charge in [0, 0.05) is 63.3 Å². The van der Waals surface area contributed by atoms with Crippen molar-refractivity contribution in [2.45, 2.75) is 36.4 Å². The number of β-amino-alcohol motifs (C(OH)–C–C–N with tert-alkyl or cyclic N) is 1. The largest absolute Gasteiger partial charge is 0.390 e. The first-order valence-electron chi connectivity index (χ1n) is 11.2. The van der Waals surface area contributed by atoms with Crippen LogP contribution in [0.4, 0.5) is 0 Å². The second kappa shape index (κ2) is 10.8. The van der Waals surface area contributed by atoms with E-state index >= 15 is 0 Å². The lowest BCUT2D eigenvalue weighted by Gasteiger charge is -2.45. The normalized spacial score (nSPS) is 24.2. The van der Waals surface area contributed by atoms with Crippen LogP contribution in [0.1, 0.15) is 17.5 Å². The van der Waals surface area contributed by atoms with Gasteiger partial charge in [0.1, 0.15) is 0 Å². The third kappa shape index (κ3) is 5.86. The topological polar surface area (TPSA) is 30.0 Å². The molecule has 4 nitrogen and oxygen atoms in total. The second-order valence-electron chi connectivity index (χ2n) is 8.62. The summed E-state index contributed by atoms with van der Waals surface area (Å²) in [5.74, 6) is 0. The summed E-state index contributed by atoms with van der Waals surface area (Å²) in [4.78, 5) is 8.84. The van der Waals surface area contributed by atoms with Gasteiger partial charge in [-0.05, 0) is 42.4 Å². The maximum absolute atomic E-state index is 10.9. The molecule has 2 atom stereocenters. The predicted molar refractivity (Wildman–Crippen MR) is 126 cm³/mol. The van der Waals surface area contributed by atoms with Crippen LogP contribution in [0.3, 0.4) is 0 Å². The molecule has 5 heteroatoms. The molecule has 2 saturated heterocycles. The Kier molecular flexibility index (Phi) is 7.85. The van der Waals surface area contributed by atoms with Gasteiger partial charge in [-0.2, -0.15) is 0 Å².